The Morgan fingerprint density at radius 3 is 2.42 bits per heavy atom. The molecule has 1 aliphatic carbocycles. The Hall–Kier alpha value is -4.40. The van der Waals surface area contributed by atoms with Gasteiger partial charge < -0.3 is 10.8 Å². The van der Waals surface area contributed by atoms with Crippen molar-refractivity contribution >= 4 is 16.7 Å². The molecule has 0 atom stereocenters. The van der Waals surface area contributed by atoms with Crippen LogP contribution in [0.25, 0.3) is 50.3 Å². The van der Waals surface area contributed by atoms with Gasteiger partial charge in [-0.15, -0.1) is 0 Å². The van der Waals surface area contributed by atoms with Gasteiger partial charge in [-0.05, 0) is 43.9 Å². The third kappa shape index (κ3) is 3.53. The lowest BCUT2D eigenvalue weighted by molar-refractivity contribution is -0.0738. The van der Waals surface area contributed by atoms with Crippen molar-refractivity contribution in [2.24, 2.45) is 5.73 Å². The lowest BCUT2D eigenvalue weighted by Crippen LogP contribution is -2.58. The molecule has 4 aromatic heterocycles. The number of fused-ring (bicyclic) bond motifs is 3. The van der Waals surface area contributed by atoms with E-state index in [1.165, 1.54) is 0 Å². The van der Waals surface area contributed by atoms with Gasteiger partial charge in [0.2, 0.25) is 0 Å². The van der Waals surface area contributed by atoms with E-state index >= 15 is 0 Å². The minimum absolute atomic E-state index is 0.522. The molecule has 188 valence electrons. The zero-order valence-corrected chi connectivity index (χ0v) is 21.2. The van der Waals surface area contributed by atoms with Gasteiger partial charge in [-0.3, -0.25) is 5.10 Å². The van der Waals surface area contributed by atoms with Gasteiger partial charge in [0.1, 0.15) is 0 Å². The zero-order chi connectivity index (χ0) is 26.1. The highest BCUT2D eigenvalue weighted by atomic mass is 16.3. The predicted octanol–water partition coefficient (Wildman–Crippen LogP) is 5.01. The molecule has 4 heterocycles. The second-order valence-corrected chi connectivity index (χ2v) is 10.7. The average Bonchev–Trinajstić information content (AvgIpc) is 3.56. The Balaban J connectivity index is 1.53. The molecule has 38 heavy (non-hydrogen) atoms. The van der Waals surface area contributed by atoms with Crippen molar-refractivity contribution in [3.8, 4) is 33.6 Å². The first-order chi connectivity index (χ1) is 18.3. The number of hydrogen-bond donors (Lipinski definition) is 3. The van der Waals surface area contributed by atoms with E-state index < -0.39 is 11.1 Å². The third-order valence-electron chi connectivity index (χ3n) is 7.50. The SMILES string of the molecule is Cc1cc2ncc3c(-c4cc[nH]n4)c(-c4ccccc4)c(-c4ccc([C@]5(N)C[C@](C)(O)C5)cc4)nc3n2n1. The Morgan fingerprint density at radius 1 is 0.974 bits per heavy atom. The van der Waals surface area contributed by atoms with Crippen LogP contribution in [0.3, 0.4) is 0 Å². The molecule has 6 aromatic rings. The van der Waals surface area contributed by atoms with Crippen LogP contribution < -0.4 is 5.73 Å². The summed E-state index contributed by atoms with van der Waals surface area (Å²) >= 11 is 0. The number of aromatic amines is 1. The van der Waals surface area contributed by atoms with Crippen molar-refractivity contribution in [3.63, 3.8) is 0 Å². The maximum Gasteiger partial charge on any atom is 0.165 e. The van der Waals surface area contributed by atoms with Crippen molar-refractivity contribution in [2.75, 3.05) is 0 Å². The van der Waals surface area contributed by atoms with Crippen molar-refractivity contribution in [2.45, 2.75) is 37.8 Å². The molecule has 0 unspecified atom stereocenters. The molecule has 8 heteroatoms. The van der Waals surface area contributed by atoms with Crippen LogP contribution in [0.4, 0.5) is 0 Å². The van der Waals surface area contributed by atoms with Gasteiger partial charge in [0, 0.05) is 46.1 Å². The summed E-state index contributed by atoms with van der Waals surface area (Å²) in [5, 5.41) is 23.4. The van der Waals surface area contributed by atoms with Crippen molar-refractivity contribution in [3.05, 3.63) is 90.4 Å². The first kappa shape index (κ1) is 22.8. The lowest BCUT2D eigenvalue weighted by Gasteiger charge is -2.49. The van der Waals surface area contributed by atoms with Crippen LogP contribution in [0.2, 0.25) is 0 Å². The van der Waals surface area contributed by atoms with Crippen LogP contribution in [0, 0.1) is 6.92 Å². The quantitative estimate of drug-likeness (QED) is 0.313. The van der Waals surface area contributed by atoms with Crippen LogP contribution in [0.15, 0.2) is 79.1 Å². The number of aromatic nitrogens is 6. The molecule has 7 rings (SSSR count). The van der Waals surface area contributed by atoms with Crippen LogP contribution >= 0.6 is 0 Å². The first-order valence-corrected chi connectivity index (χ1v) is 12.7. The standard InChI is InChI=1S/C30H27N7O/c1-18-14-24-32-15-22-26(23-12-13-33-35-23)25(19-6-4-3-5-7-19)27(34-28(22)37(24)36-18)20-8-10-21(11-9-20)30(31)16-29(2,38)17-30/h3-15,38H,16-17,31H2,1-2H3,(H,33,35)/t29-,30-. The average molecular weight is 502 g/mol. The van der Waals surface area contributed by atoms with E-state index in [9.17, 15) is 5.11 Å². The van der Waals surface area contributed by atoms with Crippen molar-refractivity contribution in [1.82, 2.24) is 29.8 Å². The number of benzene rings is 2. The number of nitrogens with zero attached hydrogens (tertiary/aromatic N) is 5. The molecule has 0 amide bonds. The monoisotopic (exact) mass is 501 g/mol. The van der Waals surface area contributed by atoms with E-state index in [2.05, 4.69) is 46.6 Å². The number of aliphatic hydroxyl groups is 1. The Labute approximate surface area is 219 Å². The largest absolute Gasteiger partial charge is 0.390 e. The van der Waals surface area contributed by atoms with Crippen molar-refractivity contribution < 1.29 is 5.11 Å². The summed E-state index contributed by atoms with van der Waals surface area (Å²) in [4.78, 5) is 9.93. The summed E-state index contributed by atoms with van der Waals surface area (Å²) in [6.45, 7) is 3.79. The summed E-state index contributed by atoms with van der Waals surface area (Å²) in [7, 11) is 0. The molecule has 0 aliphatic heterocycles. The third-order valence-corrected chi connectivity index (χ3v) is 7.50. The second kappa shape index (κ2) is 8.05. The summed E-state index contributed by atoms with van der Waals surface area (Å²) in [6.07, 6.45) is 4.76. The van der Waals surface area contributed by atoms with Crippen LogP contribution in [0.1, 0.15) is 31.0 Å². The number of aryl methyl sites for hydroxylation is 1. The molecule has 1 saturated carbocycles. The Kier molecular flexibility index (Phi) is 4.82. The van der Waals surface area contributed by atoms with Gasteiger partial charge in [0.25, 0.3) is 0 Å². The lowest BCUT2D eigenvalue weighted by atomic mass is 9.63. The number of nitrogens with two attached hydrogens (primary N) is 1. The number of hydrogen-bond acceptors (Lipinski definition) is 6. The van der Waals surface area contributed by atoms with Gasteiger partial charge in [-0.1, -0.05) is 54.6 Å². The summed E-state index contributed by atoms with van der Waals surface area (Å²) in [5.41, 5.74) is 14.2. The van der Waals surface area contributed by atoms with Crippen LogP contribution in [-0.2, 0) is 5.54 Å². The Morgan fingerprint density at radius 2 is 1.74 bits per heavy atom. The molecule has 0 bridgehead atoms. The molecule has 0 radical (unpaired) electrons. The molecule has 0 spiro atoms. The minimum Gasteiger partial charge on any atom is -0.390 e. The van der Waals surface area contributed by atoms with Gasteiger partial charge >= 0.3 is 0 Å². The number of rotatable bonds is 4. The topological polar surface area (TPSA) is 118 Å². The van der Waals surface area contributed by atoms with Crippen LogP contribution in [0.5, 0.6) is 0 Å². The summed E-state index contributed by atoms with van der Waals surface area (Å²) in [5.74, 6) is 0. The molecule has 8 nitrogen and oxygen atoms in total. The first-order valence-electron chi connectivity index (χ1n) is 12.7. The van der Waals surface area contributed by atoms with Gasteiger partial charge in [0.15, 0.2) is 11.3 Å². The minimum atomic E-state index is -0.715. The predicted molar refractivity (Wildman–Crippen MR) is 147 cm³/mol. The Bertz CT molecular complexity index is 1800. The molecular weight excluding hydrogens is 474 g/mol. The smallest absolute Gasteiger partial charge is 0.165 e. The fourth-order valence-electron chi connectivity index (χ4n) is 5.97. The summed E-state index contributed by atoms with van der Waals surface area (Å²) < 4.78 is 1.80. The molecule has 1 aliphatic rings. The van der Waals surface area contributed by atoms with Gasteiger partial charge in [-0.25, -0.2) is 9.97 Å². The summed E-state index contributed by atoms with van der Waals surface area (Å²) in [6, 6.07) is 22.4. The zero-order valence-electron chi connectivity index (χ0n) is 21.2. The van der Waals surface area contributed by atoms with E-state index in [1.54, 1.807) is 4.52 Å². The number of nitrogens with one attached hydrogen (secondary N) is 1. The van der Waals surface area contributed by atoms with E-state index in [1.807, 2.05) is 56.6 Å². The fourth-order valence-corrected chi connectivity index (χ4v) is 5.97. The van der Waals surface area contributed by atoms with Crippen LogP contribution in [-0.4, -0.2) is 40.5 Å². The highest BCUT2D eigenvalue weighted by Gasteiger charge is 2.49. The molecule has 1 fully saturated rings. The van der Waals surface area contributed by atoms with E-state index in [0.717, 1.165) is 55.9 Å². The second-order valence-electron chi connectivity index (χ2n) is 10.7. The fraction of sp³-hybridized carbons (Fsp3) is 0.200. The normalized spacial score (nSPS) is 21.2. The van der Waals surface area contributed by atoms with E-state index in [0.29, 0.717) is 18.5 Å². The maximum atomic E-state index is 10.3. The number of pyridine rings is 1. The molecule has 4 N–H and O–H groups in total. The molecule has 0 saturated heterocycles. The highest BCUT2D eigenvalue weighted by Crippen LogP contribution is 2.47. The highest BCUT2D eigenvalue weighted by molar-refractivity contribution is 6.05. The van der Waals surface area contributed by atoms with Gasteiger partial charge in [0.05, 0.1) is 22.7 Å². The van der Waals surface area contributed by atoms with Gasteiger partial charge in [-0.2, -0.15) is 14.7 Å². The van der Waals surface area contributed by atoms with E-state index in [-0.39, 0.29) is 0 Å². The van der Waals surface area contributed by atoms with E-state index in [4.69, 9.17) is 20.8 Å². The maximum absolute atomic E-state index is 10.3. The van der Waals surface area contributed by atoms with Crippen molar-refractivity contribution in [1.29, 1.82) is 0 Å². The molecular formula is C30H27N7O. The number of H-pyrrole nitrogens is 1. The molecule has 2 aromatic carbocycles.